The smallest absolute Gasteiger partial charge is 0.341 e. The molecule has 1 unspecified atom stereocenters. The summed E-state index contributed by atoms with van der Waals surface area (Å²) in [6.45, 7) is 2.03. The molecule has 1 aromatic carbocycles. The molecule has 0 radical (unpaired) electrons. The van der Waals surface area contributed by atoms with E-state index in [1.807, 2.05) is 6.92 Å². The number of benzene rings is 1. The second-order valence-electron chi connectivity index (χ2n) is 7.43. The average molecular weight is 395 g/mol. The molecular formula is C19H23F2N3O4. The van der Waals surface area contributed by atoms with Gasteiger partial charge in [0, 0.05) is 32.4 Å². The molecule has 2 aromatic rings. The first kappa shape index (κ1) is 20.1. The van der Waals surface area contributed by atoms with Gasteiger partial charge < -0.3 is 25.4 Å². The number of carboxylic acid groups (broad SMARTS) is 1. The normalized spacial score (nSPS) is 15.0. The fourth-order valence-electron chi connectivity index (χ4n) is 3.30. The molecule has 28 heavy (non-hydrogen) atoms. The molecule has 0 amide bonds. The number of carboxylic acids is 1. The van der Waals surface area contributed by atoms with Crippen molar-refractivity contribution >= 4 is 28.2 Å². The Bertz CT molecular complexity index is 1000. The molecule has 0 saturated heterocycles. The van der Waals surface area contributed by atoms with E-state index in [0.717, 1.165) is 6.20 Å². The molecule has 0 bridgehead atoms. The molecular weight excluding hydrogens is 372 g/mol. The average Bonchev–Trinajstić information content (AvgIpc) is 3.48. The maximum Gasteiger partial charge on any atom is 0.341 e. The molecule has 1 aliphatic carbocycles. The number of halogens is 2. The highest BCUT2D eigenvalue weighted by atomic mass is 19.1. The van der Waals surface area contributed by atoms with E-state index < -0.39 is 39.7 Å². The Morgan fingerprint density at radius 2 is 2.04 bits per heavy atom. The number of hydrogen-bond donors (Lipinski definition) is 3. The zero-order valence-corrected chi connectivity index (χ0v) is 15.7. The van der Waals surface area contributed by atoms with Crippen molar-refractivity contribution in [1.29, 1.82) is 0 Å². The summed E-state index contributed by atoms with van der Waals surface area (Å²) in [5, 5.41) is 18.0. The maximum absolute atomic E-state index is 15.4. The Hall–Kier alpha value is -2.68. The minimum absolute atomic E-state index is 0.0438. The van der Waals surface area contributed by atoms with Crippen molar-refractivity contribution in [2.75, 3.05) is 30.8 Å². The van der Waals surface area contributed by atoms with Gasteiger partial charge in [0.15, 0.2) is 11.6 Å². The molecule has 0 aliphatic heterocycles. The van der Waals surface area contributed by atoms with Gasteiger partial charge in [0.05, 0.1) is 16.6 Å². The predicted molar refractivity (Wildman–Crippen MR) is 102 cm³/mol. The molecule has 7 nitrogen and oxygen atoms in total. The summed E-state index contributed by atoms with van der Waals surface area (Å²) < 4.78 is 31.8. The number of aliphatic hydroxyl groups is 1. The van der Waals surface area contributed by atoms with Crippen molar-refractivity contribution in [1.82, 2.24) is 4.57 Å². The number of nitrogens with two attached hydrogens (primary N) is 1. The predicted octanol–water partition coefficient (Wildman–Crippen LogP) is 2.35. The lowest BCUT2D eigenvalue weighted by atomic mass is 10.1. The Morgan fingerprint density at radius 3 is 2.57 bits per heavy atom. The van der Waals surface area contributed by atoms with Crippen molar-refractivity contribution in [2.24, 2.45) is 5.92 Å². The summed E-state index contributed by atoms with van der Waals surface area (Å²) in [6.07, 6.45) is 3.01. The molecule has 9 heteroatoms. The van der Waals surface area contributed by atoms with Crippen LogP contribution in [0, 0.1) is 17.6 Å². The van der Waals surface area contributed by atoms with Gasteiger partial charge in [0.1, 0.15) is 11.3 Å². The summed E-state index contributed by atoms with van der Waals surface area (Å²) in [5.41, 5.74) is 3.18. The van der Waals surface area contributed by atoms with Gasteiger partial charge in [0.2, 0.25) is 5.43 Å². The lowest BCUT2D eigenvalue weighted by Gasteiger charge is -2.24. The summed E-state index contributed by atoms with van der Waals surface area (Å²) >= 11 is 0. The number of rotatable bonds is 7. The first-order valence-electron chi connectivity index (χ1n) is 9.09. The molecule has 152 valence electrons. The minimum atomic E-state index is -1.47. The van der Waals surface area contributed by atoms with E-state index in [1.54, 1.807) is 0 Å². The van der Waals surface area contributed by atoms with Gasteiger partial charge in [0.25, 0.3) is 0 Å². The second kappa shape index (κ2) is 7.38. The third-order valence-corrected chi connectivity index (χ3v) is 5.19. The number of pyridine rings is 1. The molecule has 4 N–H and O–H groups in total. The third-order valence-electron chi connectivity index (χ3n) is 5.19. The molecule has 1 saturated carbocycles. The molecule has 1 fully saturated rings. The number of carbonyl (C=O) groups is 1. The van der Waals surface area contributed by atoms with Gasteiger partial charge in [-0.1, -0.05) is 6.92 Å². The van der Waals surface area contributed by atoms with Crippen LogP contribution in [0.2, 0.25) is 0 Å². The van der Waals surface area contributed by atoms with E-state index in [-0.39, 0.29) is 36.3 Å². The monoisotopic (exact) mass is 395 g/mol. The van der Waals surface area contributed by atoms with E-state index in [2.05, 4.69) is 0 Å². The standard InChI is InChI=1S/C19H23F2N3O4/c1-9(8-25)5-6-23(2)17-13(20)15(22)12-16(14(17)21)24(10-3-4-10)7-11(18(12)26)19(27)28/h7,9-10,25H,3-6,8,22H2,1-2H3,(H,27,28). The second-order valence-corrected chi connectivity index (χ2v) is 7.43. The van der Waals surface area contributed by atoms with Gasteiger partial charge in [-0.15, -0.1) is 0 Å². The zero-order chi connectivity index (χ0) is 20.7. The van der Waals surface area contributed by atoms with Crippen molar-refractivity contribution in [3.05, 3.63) is 33.6 Å². The number of aliphatic hydroxyl groups excluding tert-OH is 1. The van der Waals surface area contributed by atoms with Crippen LogP contribution in [0.4, 0.5) is 20.2 Å². The van der Waals surface area contributed by atoms with Crippen LogP contribution in [-0.4, -0.2) is 40.9 Å². The maximum atomic E-state index is 15.4. The zero-order valence-electron chi connectivity index (χ0n) is 15.7. The van der Waals surface area contributed by atoms with Gasteiger partial charge >= 0.3 is 5.97 Å². The molecule has 1 heterocycles. The van der Waals surface area contributed by atoms with Crippen LogP contribution in [0.5, 0.6) is 0 Å². The number of nitrogen functional groups attached to an aromatic ring is 1. The number of nitrogens with zero attached hydrogens (tertiary/aromatic N) is 2. The summed E-state index contributed by atoms with van der Waals surface area (Å²) in [5.74, 6) is -3.55. The van der Waals surface area contributed by atoms with Gasteiger partial charge in [-0.05, 0) is 25.2 Å². The third kappa shape index (κ3) is 3.30. The SMILES string of the molecule is CC(CO)CCN(C)c1c(F)c(N)c2c(=O)c(C(=O)O)cn(C3CC3)c2c1F. The Morgan fingerprint density at radius 1 is 1.39 bits per heavy atom. The number of hydrogen-bond acceptors (Lipinski definition) is 5. The lowest BCUT2D eigenvalue weighted by molar-refractivity contribution is 0.0695. The van der Waals surface area contributed by atoms with E-state index in [1.165, 1.54) is 16.5 Å². The number of aromatic nitrogens is 1. The number of anilines is 2. The van der Waals surface area contributed by atoms with Crippen molar-refractivity contribution in [2.45, 2.75) is 32.2 Å². The van der Waals surface area contributed by atoms with E-state index >= 15 is 4.39 Å². The topological polar surface area (TPSA) is 109 Å². The van der Waals surface area contributed by atoms with Crippen LogP contribution in [-0.2, 0) is 0 Å². The van der Waals surface area contributed by atoms with Crippen LogP contribution in [0.15, 0.2) is 11.0 Å². The van der Waals surface area contributed by atoms with Crippen LogP contribution < -0.4 is 16.1 Å². The van der Waals surface area contributed by atoms with Crippen LogP contribution >= 0.6 is 0 Å². The largest absolute Gasteiger partial charge is 0.477 e. The van der Waals surface area contributed by atoms with E-state index in [0.29, 0.717) is 19.3 Å². The number of aromatic carboxylic acids is 1. The molecule has 0 spiro atoms. The van der Waals surface area contributed by atoms with Crippen LogP contribution in [0.1, 0.15) is 42.6 Å². The van der Waals surface area contributed by atoms with E-state index in [4.69, 9.17) is 10.8 Å². The Kier molecular flexibility index (Phi) is 5.29. The van der Waals surface area contributed by atoms with E-state index in [9.17, 15) is 19.1 Å². The fourth-order valence-corrected chi connectivity index (χ4v) is 3.30. The Balaban J connectivity index is 2.26. The lowest BCUT2D eigenvalue weighted by Crippen LogP contribution is -2.26. The van der Waals surface area contributed by atoms with Gasteiger partial charge in [-0.25, -0.2) is 13.6 Å². The highest BCUT2D eigenvalue weighted by Crippen LogP contribution is 2.41. The van der Waals surface area contributed by atoms with Gasteiger partial charge in [-0.3, -0.25) is 4.79 Å². The quantitative estimate of drug-likeness (QED) is 0.621. The molecule has 3 rings (SSSR count). The summed E-state index contributed by atoms with van der Waals surface area (Å²) in [6, 6.07) is -0.159. The van der Waals surface area contributed by atoms with Crippen LogP contribution in [0.25, 0.3) is 10.9 Å². The van der Waals surface area contributed by atoms with Crippen LogP contribution in [0.3, 0.4) is 0 Å². The number of fused-ring (bicyclic) bond motifs is 1. The van der Waals surface area contributed by atoms with Gasteiger partial charge in [-0.2, -0.15) is 0 Å². The highest BCUT2D eigenvalue weighted by Gasteiger charge is 2.32. The highest BCUT2D eigenvalue weighted by molar-refractivity contribution is 5.99. The van der Waals surface area contributed by atoms with Crippen molar-refractivity contribution < 1.29 is 23.8 Å². The minimum Gasteiger partial charge on any atom is -0.477 e. The molecule has 1 aliphatic rings. The van der Waals surface area contributed by atoms with Crippen molar-refractivity contribution in [3.8, 4) is 0 Å². The first-order valence-corrected chi connectivity index (χ1v) is 9.09. The fraction of sp³-hybridized carbons (Fsp3) is 0.474. The molecule has 1 aromatic heterocycles. The molecule has 1 atom stereocenters. The first-order chi connectivity index (χ1) is 13.2. The van der Waals surface area contributed by atoms with Crippen molar-refractivity contribution in [3.63, 3.8) is 0 Å². The summed E-state index contributed by atoms with van der Waals surface area (Å²) in [7, 11) is 1.50. The Labute approximate surface area is 160 Å². The summed E-state index contributed by atoms with van der Waals surface area (Å²) in [4.78, 5) is 25.4.